The van der Waals surface area contributed by atoms with Gasteiger partial charge in [0.15, 0.2) is 0 Å². The molecule has 0 fully saturated rings. The molecule has 0 radical (unpaired) electrons. The van der Waals surface area contributed by atoms with Gasteiger partial charge in [-0.25, -0.2) is 0 Å². The monoisotopic (exact) mass is 227 g/mol. The third-order valence-electron chi connectivity index (χ3n) is 3.13. The predicted molar refractivity (Wildman–Crippen MR) is 68.2 cm³/mol. The zero-order valence-electron chi connectivity index (χ0n) is 9.82. The number of benzene rings is 1. The fraction of sp³-hybridized carbons (Fsp3) is 0.231. The number of fused-ring (bicyclic) bond motifs is 3. The van der Waals surface area contributed by atoms with Crippen LogP contribution in [0.3, 0.4) is 0 Å². The van der Waals surface area contributed by atoms with Crippen molar-refractivity contribution in [1.29, 1.82) is 0 Å². The van der Waals surface area contributed by atoms with Gasteiger partial charge in [0.05, 0.1) is 5.69 Å². The molecule has 0 aliphatic carbocycles. The molecule has 0 atom stereocenters. The molecule has 3 rings (SSSR count). The number of hydrogen-bond acceptors (Lipinski definition) is 2. The van der Waals surface area contributed by atoms with Gasteiger partial charge in [-0.05, 0) is 12.5 Å². The fourth-order valence-corrected chi connectivity index (χ4v) is 2.33. The van der Waals surface area contributed by atoms with E-state index in [0.29, 0.717) is 0 Å². The van der Waals surface area contributed by atoms with E-state index in [0.717, 1.165) is 33.9 Å². The number of aryl methyl sites for hydroxylation is 2. The summed E-state index contributed by atoms with van der Waals surface area (Å²) in [6.07, 6.45) is 0.855. The zero-order chi connectivity index (χ0) is 12.0. The first-order valence-electron chi connectivity index (χ1n) is 5.69. The molecule has 4 heteroatoms. The average Bonchev–Trinajstić information content (AvgIpc) is 2.67. The largest absolute Gasteiger partial charge is 0.306 e. The van der Waals surface area contributed by atoms with E-state index < -0.39 is 0 Å². The molecule has 0 bridgehead atoms. The molecule has 0 saturated heterocycles. The van der Waals surface area contributed by atoms with Gasteiger partial charge >= 0.3 is 0 Å². The highest BCUT2D eigenvalue weighted by Crippen LogP contribution is 2.24. The van der Waals surface area contributed by atoms with E-state index in [9.17, 15) is 4.79 Å². The summed E-state index contributed by atoms with van der Waals surface area (Å²) in [4.78, 5) is 14.8. The topological polar surface area (TPSA) is 50.7 Å². The molecule has 17 heavy (non-hydrogen) atoms. The Balaban J connectivity index is 2.66. The highest BCUT2D eigenvalue weighted by atomic mass is 16.1. The maximum absolute atomic E-state index is 11.9. The van der Waals surface area contributed by atoms with Gasteiger partial charge in [-0.3, -0.25) is 9.48 Å². The summed E-state index contributed by atoms with van der Waals surface area (Å²) in [5, 5.41) is 7.21. The standard InChI is InChI=1S/C13H13N3O/c1-3-10-11-8-6-4-5-7-9(8)13(17)14-12(11)16(2)15-10/h4-7H,3H2,1-2H3,(H,14,17). The van der Waals surface area contributed by atoms with Crippen LogP contribution < -0.4 is 5.56 Å². The van der Waals surface area contributed by atoms with Gasteiger partial charge in [-0.15, -0.1) is 0 Å². The molecule has 1 N–H and O–H groups in total. The van der Waals surface area contributed by atoms with Gasteiger partial charge in [0, 0.05) is 23.2 Å². The van der Waals surface area contributed by atoms with Crippen molar-refractivity contribution in [1.82, 2.24) is 14.8 Å². The molecule has 0 amide bonds. The van der Waals surface area contributed by atoms with Crippen molar-refractivity contribution in [2.24, 2.45) is 7.05 Å². The highest BCUT2D eigenvalue weighted by molar-refractivity contribution is 6.05. The number of H-pyrrole nitrogens is 1. The fourth-order valence-electron chi connectivity index (χ4n) is 2.33. The first kappa shape index (κ1) is 10.1. The van der Waals surface area contributed by atoms with Crippen LogP contribution in [0.1, 0.15) is 12.6 Å². The van der Waals surface area contributed by atoms with Crippen LogP contribution in [0.15, 0.2) is 29.1 Å². The molecule has 0 unspecified atom stereocenters. The molecule has 1 aromatic carbocycles. The van der Waals surface area contributed by atoms with Crippen molar-refractivity contribution in [3.63, 3.8) is 0 Å². The minimum atomic E-state index is -0.0567. The molecule has 2 aromatic heterocycles. The van der Waals surface area contributed by atoms with Crippen molar-refractivity contribution < 1.29 is 0 Å². The average molecular weight is 227 g/mol. The highest BCUT2D eigenvalue weighted by Gasteiger charge is 2.12. The summed E-state index contributed by atoms with van der Waals surface area (Å²) in [5.41, 5.74) is 1.76. The van der Waals surface area contributed by atoms with Gasteiger partial charge in [0.25, 0.3) is 5.56 Å². The minimum Gasteiger partial charge on any atom is -0.306 e. The number of rotatable bonds is 1. The van der Waals surface area contributed by atoms with Crippen LogP contribution in [0.4, 0.5) is 0 Å². The maximum Gasteiger partial charge on any atom is 0.257 e. The zero-order valence-corrected chi connectivity index (χ0v) is 9.82. The van der Waals surface area contributed by atoms with E-state index in [1.807, 2.05) is 31.3 Å². The van der Waals surface area contributed by atoms with Gasteiger partial charge in [-0.2, -0.15) is 5.10 Å². The van der Waals surface area contributed by atoms with Crippen LogP contribution in [0.5, 0.6) is 0 Å². The van der Waals surface area contributed by atoms with Crippen LogP contribution in [0, 0.1) is 0 Å². The summed E-state index contributed by atoms with van der Waals surface area (Å²) in [7, 11) is 1.85. The molecular weight excluding hydrogens is 214 g/mol. The van der Waals surface area contributed by atoms with Crippen LogP contribution in [-0.2, 0) is 13.5 Å². The Morgan fingerprint density at radius 2 is 2.00 bits per heavy atom. The number of nitrogens with zero attached hydrogens (tertiary/aromatic N) is 2. The number of aromatic nitrogens is 3. The Morgan fingerprint density at radius 3 is 2.71 bits per heavy atom. The van der Waals surface area contributed by atoms with E-state index in [-0.39, 0.29) is 5.56 Å². The summed E-state index contributed by atoms with van der Waals surface area (Å²) in [6.45, 7) is 2.07. The van der Waals surface area contributed by atoms with E-state index in [1.165, 1.54) is 0 Å². The number of aromatic amines is 1. The smallest absolute Gasteiger partial charge is 0.257 e. The van der Waals surface area contributed by atoms with Gasteiger partial charge in [0.1, 0.15) is 5.65 Å². The molecule has 86 valence electrons. The second-order valence-corrected chi connectivity index (χ2v) is 4.15. The second kappa shape index (κ2) is 3.45. The van der Waals surface area contributed by atoms with E-state index in [1.54, 1.807) is 4.68 Å². The van der Waals surface area contributed by atoms with Gasteiger partial charge < -0.3 is 4.98 Å². The Labute approximate surface area is 97.9 Å². The summed E-state index contributed by atoms with van der Waals surface area (Å²) < 4.78 is 1.74. The SMILES string of the molecule is CCc1nn(C)c2[nH]c(=O)c3ccccc3c12. The lowest BCUT2D eigenvalue weighted by atomic mass is 10.1. The Hall–Kier alpha value is -2.10. The number of nitrogens with one attached hydrogen (secondary N) is 1. The van der Waals surface area contributed by atoms with E-state index in [4.69, 9.17) is 0 Å². The lowest BCUT2D eigenvalue weighted by Crippen LogP contribution is -2.07. The Kier molecular flexibility index (Phi) is 2.04. The van der Waals surface area contributed by atoms with Crippen molar-refractivity contribution >= 4 is 21.8 Å². The number of hydrogen-bond donors (Lipinski definition) is 1. The van der Waals surface area contributed by atoms with Crippen molar-refractivity contribution in [3.05, 3.63) is 40.3 Å². The molecule has 0 aliphatic heterocycles. The Morgan fingerprint density at radius 1 is 1.29 bits per heavy atom. The molecule has 3 aromatic rings. The number of pyridine rings is 1. The van der Waals surface area contributed by atoms with Crippen LogP contribution in [0.25, 0.3) is 21.8 Å². The quantitative estimate of drug-likeness (QED) is 0.691. The predicted octanol–water partition coefficient (Wildman–Crippen LogP) is 1.98. The second-order valence-electron chi connectivity index (χ2n) is 4.15. The lowest BCUT2D eigenvalue weighted by Gasteiger charge is -2.00. The van der Waals surface area contributed by atoms with Gasteiger partial charge in [-0.1, -0.05) is 25.1 Å². The molecular formula is C13H13N3O. The summed E-state index contributed by atoms with van der Waals surface area (Å²) in [5.74, 6) is 0. The third-order valence-corrected chi connectivity index (χ3v) is 3.13. The third kappa shape index (κ3) is 1.30. The van der Waals surface area contributed by atoms with Crippen LogP contribution in [0.2, 0.25) is 0 Å². The van der Waals surface area contributed by atoms with Crippen molar-refractivity contribution in [2.75, 3.05) is 0 Å². The van der Waals surface area contributed by atoms with Crippen LogP contribution in [-0.4, -0.2) is 14.8 Å². The summed E-state index contributed by atoms with van der Waals surface area (Å²) >= 11 is 0. The van der Waals surface area contributed by atoms with Crippen LogP contribution >= 0.6 is 0 Å². The van der Waals surface area contributed by atoms with E-state index in [2.05, 4.69) is 17.0 Å². The molecule has 0 aliphatic rings. The normalized spacial score (nSPS) is 11.4. The Bertz CT molecular complexity index is 767. The molecule has 0 spiro atoms. The lowest BCUT2D eigenvalue weighted by molar-refractivity contribution is 0.761. The molecule has 2 heterocycles. The van der Waals surface area contributed by atoms with Gasteiger partial charge in [0.2, 0.25) is 0 Å². The van der Waals surface area contributed by atoms with Crippen molar-refractivity contribution in [2.45, 2.75) is 13.3 Å². The first-order valence-corrected chi connectivity index (χ1v) is 5.69. The maximum atomic E-state index is 11.9. The van der Waals surface area contributed by atoms with Crippen molar-refractivity contribution in [3.8, 4) is 0 Å². The minimum absolute atomic E-state index is 0.0567. The first-order chi connectivity index (χ1) is 8.22. The van der Waals surface area contributed by atoms with E-state index >= 15 is 0 Å². The molecule has 4 nitrogen and oxygen atoms in total. The molecule has 0 saturated carbocycles. The summed E-state index contributed by atoms with van der Waals surface area (Å²) in [6, 6.07) is 7.66.